The van der Waals surface area contributed by atoms with Crippen LogP contribution in [0.25, 0.3) is 10.8 Å². The van der Waals surface area contributed by atoms with Crippen molar-refractivity contribution in [2.24, 2.45) is 5.92 Å². The lowest BCUT2D eigenvalue weighted by atomic mass is 9.99. The number of carbonyl (C=O) groups is 1. The molecule has 1 saturated heterocycles. The molecule has 0 saturated carbocycles. The first-order valence-electron chi connectivity index (χ1n) is 10.3. The van der Waals surface area contributed by atoms with E-state index in [0.29, 0.717) is 36.0 Å². The molecule has 1 fully saturated rings. The van der Waals surface area contributed by atoms with E-state index < -0.39 is 0 Å². The normalized spacial score (nSPS) is 16.5. The van der Waals surface area contributed by atoms with Crippen molar-refractivity contribution in [2.75, 3.05) is 18.4 Å². The maximum atomic E-state index is 13.0. The van der Waals surface area contributed by atoms with Crippen LogP contribution in [-0.2, 0) is 6.54 Å². The third-order valence-electron chi connectivity index (χ3n) is 5.54. The van der Waals surface area contributed by atoms with Crippen LogP contribution in [0, 0.1) is 5.92 Å². The summed E-state index contributed by atoms with van der Waals surface area (Å²) in [4.78, 5) is 27.6. The summed E-state index contributed by atoms with van der Waals surface area (Å²) in [6.07, 6.45) is 2.75. The van der Waals surface area contributed by atoms with Gasteiger partial charge >= 0.3 is 6.03 Å². The molecule has 4 rings (SSSR count). The average Bonchev–Trinajstić information content (AvgIpc) is 3.22. The third-order valence-corrected chi connectivity index (χ3v) is 5.54. The van der Waals surface area contributed by atoms with Crippen LogP contribution in [0.4, 0.5) is 10.5 Å². The van der Waals surface area contributed by atoms with Crippen molar-refractivity contribution in [1.82, 2.24) is 9.47 Å². The van der Waals surface area contributed by atoms with Gasteiger partial charge in [0, 0.05) is 42.5 Å². The van der Waals surface area contributed by atoms with Crippen molar-refractivity contribution >= 4 is 22.5 Å². The molecule has 2 aromatic carbocycles. The van der Waals surface area contributed by atoms with Crippen molar-refractivity contribution < 1.29 is 4.79 Å². The summed E-state index contributed by atoms with van der Waals surface area (Å²) in [7, 11) is 0. The van der Waals surface area contributed by atoms with E-state index in [9.17, 15) is 9.59 Å². The van der Waals surface area contributed by atoms with Gasteiger partial charge in [-0.25, -0.2) is 4.79 Å². The van der Waals surface area contributed by atoms with Crippen molar-refractivity contribution in [3.8, 4) is 0 Å². The zero-order valence-electron chi connectivity index (χ0n) is 17.0. The fourth-order valence-corrected chi connectivity index (χ4v) is 4.11. The van der Waals surface area contributed by atoms with E-state index in [0.717, 1.165) is 18.4 Å². The van der Waals surface area contributed by atoms with Crippen LogP contribution in [0.1, 0.15) is 31.7 Å². The van der Waals surface area contributed by atoms with Crippen molar-refractivity contribution in [2.45, 2.75) is 32.7 Å². The second kappa shape index (κ2) is 8.11. The maximum Gasteiger partial charge on any atom is 0.321 e. The second-order valence-corrected chi connectivity index (χ2v) is 8.21. The SMILES string of the molecule is CC(C)Cn1cc(NC(=O)N2CC[C@H](c3ccccc3)C2)c2ccccc2c1=O. The van der Waals surface area contributed by atoms with Gasteiger partial charge in [0.2, 0.25) is 0 Å². The predicted molar refractivity (Wildman–Crippen MR) is 117 cm³/mol. The summed E-state index contributed by atoms with van der Waals surface area (Å²) in [5.41, 5.74) is 1.95. The number of carbonyl (C=O) groups excluding carboxylic acids is 1. The summed E-state index contributed by atoms with van der Waals surface area (Å²) in [5, 5.41) is 4.48. The first kappa shape index (κ1) is 19.2. The zero-order chi connectivity index (χ0) is 20.4. The van der Waals surface area contributed by atoms with Gasteiger partial charge in [0.05, 0.1) is 5.69 Å². The highest BCUT2D eigenvalue weighted by molar-refractivity contribution is 6.01. The summed E-state index contributed by atoms with van der Waals surface area (Å²) >= 11 is 0. The minimum absolute atomic E-state index is 0.0161. The number of rotatable bonds is 4. The van der Waals surface area contributed by atoms with E-state index in [-0.39, 0.29) is 11.6 Å². The lowest BCUT2D eigenvalue weighted by molar-refractivity contribution is 0.222. The summed E-state index contributed by atoms with van der Waals surface area (Å²) in [6.45, 7) is 6.21. The van der Waals surface area contributed by atoms with E-state index >= 15 is 0 Å². The van der Waals surface area contributed by atoms with Gasteiger partial charge in [0.15, 0.2) is 0 Å². The minimum Gasteiger partial charge on any atom is -0.324 e. The van der Waals surface area contributed by atoms with Gasteiger partial charge in [-0.3, -0.25) is 4.79 Å². The number of aromatic nitrogens is 1. The lowest BCUT2D eigenvalue weighted by Gasteiger charge is -2.20. The zero-order valence-corrected chi connectivity index (χ0v) is 17.0. The van der Waals surface area contributed by atoms with Crippen molar-refractivity contribution in [1.29, 1.82) is 0 Å². The molecule has 1 aliphatic heterocycles. The van der Waals surface area contributed by atoms with Crippen LogP contribution in [-0.4, -0.2) is 28.6 Å². The predicted octanol–water partition coefficient (Wildman–Crippen LogP) is 4.68. The molecule has 150 valence electrons. The Balaban J connectivity index is 1.58. The van der Waals surface area contributed by atoms with Crippen LogP contribution in [0.2, 0.25) is 0 Å². The molecule has 1 N–H and O–H groups in total. The number of anilines is 1. The number of amides is 2. The van der Waals surface area contributed by atoms with E-state index in [4.69, 9.17) is 0 Å². The number of nitrogens with zero attached hydrogens (tertiary/aromatic N) is 2. The van der Waals surface area contributed by atoms with Gasteiger partial charge in [-0.2, -0.15) is 0 Å². The molecule has 29 heavy (non-hydrogen) atoms. The number of fused-ring (bicyclic) bond motifs is 1. The van der Waals surface area contributed by atoms with Crippen LogP contribution in [0.15, 0.2) is 65.6 Å². The summed E-state index contributed by atoms with van der Waals surface area (Å²) in [6, 6.07) is 17.7. The van der Waals surface area contributed by atoms with Crippen molar-refractivity contribution in [3.63, 3.8) is 0 Å². The number of urea groups is 1. The van der Waals surface area contributed by atoms with Crippen molar-refractivity contribution in [3.05, 3.63) is 76.7 Å². The molecule has 2 amide bonds. The Labute approximate surface area is 171 Å². The third kappa shape index (κ3) is 4.04. The quantitative estimate of drug-likeness (QED) is 0.704. The number of likely N-dealkylation sites (tertiary alicyclic amines) is 1. The van der Waals surface area contributed by atoms with Crippen LogP contribution in [0.5, 0.6) is 0 Å². The van der Waals surface area contributed by atoms with Gasteiger partial charge in [-0.05, 0) is 24.0 Å². The Bertz CT molecular complexity index is 1070. The minimum atomic E-state index is -0.108. The fraction of sp³-hybridized carbons (Fsp3) is 0.333. The standard InChI is InChI=1S/C24H27N3O2/c1-17(2)14-27-16-22(20-10-6-7-11-21(20)23(27)28)25-24(29)26-13-12-19(15-26)18-8-4-3-5-9-18/h3-11,16-17,19H,12-15H2,1-2H3,(H,25,29)/t19-/m0/s1. The molecule has 0 bridgehead atoms. The van der Waals surface area contributed by atoms with E-state index in [2.05, 4.69) is 31.3 Å². The number of benzene rings is 2. The lowest BCUT2D eigenvalue weighted by Crippen LogP contribution is -2.33. The summed E-state index contributed by atoms with van der Waals surface area (Å²) in [5.74, 6) is 0.705. The number of nitrogens with one attached hydrogen (secondary N) is 1. The molecule has 1 aromatic heterocycles. The molecular formula is C24H27N3O2. The molecule has 1 atom stereocenters. The van der Waals surface area contributed by atoms with Gasteiger partial charge < -0.3 is 14.8 Å². The molecule has 0 radical (unpaired) electrons. The number of pyridine rings is 1. The number of hydrogen-bond donors (Lipinski definition) is 1. The molecule has 5 heteroatoms. The highest BCUT2D eigenvalue weighted by Gasteiger charge is 2.27. The Morgan fingerprint density at radius 2 is 1.76 bits per heavy atom. The molecule has 2 heterocycles. The first-order valence-corrected chi connectivity index (χ1v) is 10.3. The van der Waals surface area contributed by atoms with Crippen LogP contribution >= 0.6 is 0 Å². The summed E-state index contributed by atoms with van der Waals surface area (Å²) < 4.78 is 1.71. The highest BCUT2D eigenvalue weighted by Crippen LogP contribution is 2.28. The average molecular weight is 389 g/mol. The van der Waals surface area contributed by atoms with Gasteiger partial charge in [0.25, 0.3) is 5.56 Å². The van der Waals surface area contributed by atoms with Gasteiger partial charge in [-0.15, -0.1) is 0 Å². The molecule has 0 spiro atoms. The Kier molecular flexibility index (Phi) is 5.38. The van der Waals surface area contributed by atoms with Crippen LogP contribution in [0.3, 0.4) is 0 Å². The first-order chi connectivity index (χ1) is 14.0. The fourth-order valence-electron chi connectivity index (χ4n) is 4.11. The Morgan fingerprint density at radius 1 is 1.07 bits per heavy atom. The molecule has 0 unspecified atom stereocenters. The van der Waals surface area contributed by atoms with E-state index in [1.54, 1.807) is 10.8 Å². The Hall–Kier alpha value is -3.08. The maximum absolute atomic E-state index is 13.0. The Morgan fingerprint density at radius 3 is 2.48 bits per heavy atom. The largest absolute Gasteiger partial charge is 0.324 e. The second-order valence-electron chi connectivity index (χ2n) is 8.21. The monoisotopic (exact) mass is 389 g/mol. The molecule has 1 aliphatic rings. The number of hydrogen-bond acceptors (Lipinski definition) is 2. The molecule has 5 nitrogen and oxygen atoms in total. The molecule has 0 aliphatic carbocycles. The molecule has 3 aromatic rings. The van der Waals surface area contributed by atoms with Crippen LogP contribution < -0.4 is 10.9 Å². The van der Waals surface area contributed by atoms with E-state index in [1.807, 2.05) is 47.4 Å². The smallest absolute Gasteiger partial charge is 0.321 e. The van der Waals surface area contributed by atoms with Gasteiger partial charge in [-0.1, -0.05) is 62.4 Å². The van der Waals surface area contributed by atoms with E-state index in [1.165, 1.54) is 5.56 Å². The topological polar surface area (TPSA) is 54.3 Å². The molecular weight excluding hydrogens is 362 g/mol. The highest BCUT2D eigenvalue weighted by atomic mass is 16.2. The van der Waals surface area contributed by atoms with Gasteiger partial charge in [0.1, 0.15) is 0 Å².